The van der Waals surface area contributed by atoms with Gasteiger partial charge < -0.3 is 4.42 Å². The molecule has 0 bridgehead atoms. The molecule has 3 nitrogen and oxygen atoms in total. The minimum absolute atomic E-state index is 0.0438. The van der Waals surface area contributed by atoms with Crippen molar-refractivity contribution in [3.63, 3.8) is 0 Å². The van der Waals surface area contributed by atoms with Gasteiger partial charge in [0.1, 0.15) is 5.82 Å². The molecule has 0 unspecified atom stereocenters. The van der Waals surface area contributed by atoms with Crippen LogP contribution in [-0.4, -0.2) is 10.2 Å². The molecule has 2 aromatic rings. The van der Waals surface area contributed by atoms with Crippen LogP contribution >= 0.6 is 15.9 Å². The number of halogens is 4. The lowest BCUT2D eigenvalue weighted by Gasteiger charge is -2.00. The van der Waals surface area contributed by atoms with E-state index in [9.17, 15) is 13.2 Å². The monoisotopic (exact) mass is 308 g/mol. The standard InChI is InChI=1S/C10H6BrF3N2O/c11-4-5-1-2-6(7(12)3-5)9-15-16-10(17-9)8(13)14/h1-3,8H,4H2/i4D2. The summed E-state index contributed by atoms with van der Waals surface area (Å²) in [5.74, 6) is -2.12. The van der Waals surface area contributed by atoms with Crippen molar-refractivity contribution in [3.05, 3.63) is 35.5 Å². The third-order valence-electron chi connectivity index (χ3n) is 1.94. The molecule has 0 atom stereocenters. The summed E-state index contributed by atoms with van der Waals surface area (Å²) < 4.78 is 57.7. The Labute approximate surface area is 106 Å². The van der Waals surface area contributed by atoms with Crippen molar-refractivity contribution in [2.45, 2.75) is 11.7 Å². The summed E-state index contributed by atoms with van der Waals surface area (Å²) in [5, 5.41) is 4.51. The second-order valence-electron chi connectivity index (χ2n) is 3.04. The fourth-order valence-electron chi connectivity index (χ4n) is 1.18. The van der Waals surface area contributed by atoms with Crippen molar-refractivity contribution in [2.75, 3.05) is 0 Å². The van der Waals surface area contributed by atoms with Crippen LogP contribution in [0, 0.1) is 5.82 Å². The van der Waals surface area contributed by atoms with Crippen LogP contribution in [0.2, 0.25) is 0 Å². The van der Waals surface area contributed by atoms with Crippen molar-refractivity contribution in [3.8, 4) is 11.5 Å². The third kappa shape index (κ3) is 2.49. The van der Waals surface area contributed by atoms with Gasteiger partial charge in [-0.15, -0.1) is 10.2 Å². The number of hydrogen-bond donors (Lipinski definition) is 0. The van der Waals surface area contributed by atoms with Gasteiger partial charge in [-0.1, -0.05) is 22.0 Å². The summed E-state index contributed by atoms with van der Waals surface area (Å²) in [6.45, 7) is 0. The molecular weight excluding hydrogens is 301 g/mol. The van der Waals surface area contributed by atoms with E-state index in [2.05, 4.69) is 30.5 Å². The molecule has 0 aliphatic carbocycles. The number of rotatable bonds is 3. The Hall–Kier alpha value is -1.37. The fourth-order valence-corrected chi connectivity index (χ4v) is 1.43. The maximum absolute atomic E-state index is 13.8. The Bertz CT molecular complexity index is 601. The van der Waals surface area contributed by atoms with E-state index >= 15 is 0 Å². The number of hydrogen-bond acceptors (Lipinski definition) is 3. The molecule has 0 amide bonds. The lowest BCUT2D eigenvalue weighted by Crippen LogP contribution is -1.87. The molecule has 0 saturated carbocycles. The Kier molecular flexibility index (Phi) is 2.76. The lowest BCUT2D eigenvalue weighted by molar-refractivity contribution is 0.116. The molecule has 0 aliphatic rings. The first kappa shape index (κ1) is 9.64. The summed E-state index contributed by atoms with van der Waals surface area (Å²) in [6, 6.07) is 3.41. The van der Waals surface area contributed by atoms with Crippen LogP contribution in [0.25, 0.3) is 11.5 Å². The number of alkyl halides is 3. The summed E-state index contributed by atoms with van der Waals surface area (Å²) >= 11 is 2.74. The van der Waals surface area contributed by atoms with E-state index in [4.69, 9.17) is 2.74 Å². The normalized spacial score (nSPS) is 13.7. The topological polar surface area (TPSA) is 38.9 Å². The Balaban J connectivity index is 2.40. The summed E-state index contributed by atoms with van der Waals surface area (Å²) in [6.07, 6.45) is -2.93. The number of benzene rings is 1. The Morgan fingerprint density at radius 2 is 2.18 bits per heavy atom. The molecule has 7 heteroatoms. The van der Waals surface area contributed by atoms with Gasteiger partial charge in [-0.3, -0.25) is 0 Å². The van der Waals surface area contributed by atoms with Crippen molar-refractivity contribution < 1.29 is 20.3 Å². The molecule has 90 valence electrons. The molecule has 0 radical (unpaired) electrons. The van der Waals surface area contributed by atoms with Gasteiger partial charge in [0.15, 0.2) is 0 Å². The van der Waals surface area contributed by atoms with Gasteiger partial charge in [0.25, 0.3) is 11.8 Å². The molecule has 2 rings (SSSR count). The second-order valence-corrected chi connectivity index (χ2v) is 3.43. The molecule has 1 aromatic heterocycles. The van der Waals surface area contributed by atoms with Gasteiger partial charge in [0.2, 0.25) is 0 Å². The third-order valence-corrected chi connectivity index (χ3v) is 2.39. The van der Waals surface area contributed by atoms with Gasteiger partial charge in [-0.25, -0.2) is 4.39 Å². The Morgan fingerprint density at radius 3 is 2.71 bits per heavy atom. The molecule has 0 spiro atoms. The minimum atomic E-state index is -2.93. The van der Waals surface area contributed by atoms with Gasteiger partial charge in [-0.05, 0) is 17.7 Å². The molecule has 0 fully saturated rings. The highest BCUT2D eigenvalue weighted by Gasteiger charge is 2.18. The molecule has 1 aromatic carbocycles. The maximum atomic E-state index is 13.8. The molecule has 0 saturated heterocycles. The van der Waals surface area contributed by atoms with Crippen LogP contribution in [0.1, 0.15) is 20.6 Å². The van der Waals surface area contributed by atoms with Crippen molar-refractivity contribution >= 4 is 15.9 Å². The second kappa shape index (κ2) is 4.87. The van der Waals surface area contributed by atoms with E-state index in [1.165, 1.54) is 12.1 Å². The molecule has 0 N–H and O–H groups in total. The van der Waals surface area contributed by atoms with Crippen molar-refractivity contribution in [2.24, 2.45) is 0 Å². The van der Waals surface area contributed by atoms with Gasteiger partial charge in [0.05, 0.1) is 5.56 Å². The van der Waals surface area contributed by atoms with E-state index in [-0.39, 0.29) is 17.0 Å². The average molecular weight is 309 g/mol. The Morgan fingerprint density at radius 1 is 1.41 bits per heavy atom. The number of aromatic nitrogens is 2. The van der Waals surface area contributed by atoms with Gasteiger partial charge >= 0.3 is 6.43 Å². The lowest BCUT2D eigenvalue weighted by atomic mass is 10.1. The fraction of sp³-hybridized carbons (Fsp3) is 0.200. The van der Waals surface area contributed by atoms with Crippen LogP contribution < -0.4 is 0 Å². The highest BCUT2D eigenvalue weighted by molar-refractivity contribution is 9.08. The van der Waals surface area contributed by atoms with E-state index < -0.39 is 23.4 Å². The van der Waals surface area contributed by atoms with Crippen LogP contribution in [0.15, 0.2) is 22.6 Å². The first-order valence-electron chi connectivity index (χ1n) is 5.40. The summed E-state index contributed by atoms with van der Waals surface area (Å²) in [5.41, 5.74) is -0.123. The summed E-state index contributed by atoms with van der Waals surface area (Å²) in [4.78, 5) is 0. The van der Waals surface area contributed by atoms with E-state index in [1.807, 2.05) is 0 Å². The largest absolute Gasteiger partial charge is 0.415 e. The molecular formula is C10H6BrF3N2O. The zero-order valence-electron chi connectivity index (χ0n) is 10.1. The highest BCUT2D eigenvalue weighted by atomic mass is 79.9. The smallest absolute Gasteiger partial charge is 0.314 e. The van der Waals surface area contributed by atoms with Crippen molar-refractivity contribution in [1.29, 1.82) is 0 Å². The van der Waals surface area contributed by atoms with Crippen LogP contribution in [0.4, 0.5) is 13.2 Å². The zero-order valence-corrected chi connectivity index (χ0v) is 9.71. The predicted octanol–water partition coefficient (Wildman–Crippen LogP) is 3.71. The van der Waals surface area contributed by atoms with E-state index in [1.54, 1.807) is 0 Å². The highest BCUT2D eigenvalue weighted by Crippen LogP contribution is 2.26. The minimum Gasteiger partial charge on any atom is -0.415 e. The van der Waals surface area contributed by atoms with Crippen LogP contribution in [-0.2, 0) is 5.28 Å². The average Bonchev–Trinajstić information content (AvgIpc) is 2.76. The molecule has 0 aliphatic heterocycles. The van der Waals surface area contributed by atoms with E-state index in [0.29, 0.717) is 0 Å². The van der Waals surface area contributed by atoms with Gasteiger partial charge in [-0.2, -0.15) is 8.78 Å². The van der Waals surface area contributed by atoms with Crippen LogP contribution in [0.5, 0.6) is 0 Å². The van der Waals surface area contributed by atoms with Crippen LogP contribution in [0.3, 0.4) is 0 Å². The van der Waals surface area contributed by atoms with Crippen molar-refractivity contribution in [1.82, 2.24) is 10.2 Å². The quantitative estimate of drug-likeness (QED) is 0.811. The number of nitrogens with zero attached hydrogens (tertiary/aromatic N) is 2. The first-order valence-corrected chi connectivity index (χ1v) is 5.19. The first-order chi connectivity index (χ1) is 8.79. The zero-order chi connectivity index (χ0) is 14.2. The SMILES string of the molecule is [2H]C([2H])(Br)c1ccc(-c2nnc(C(F)F)o2)c(F)c1. The molecule has 1 heterocycles. The summed E-state index contributed by atoms with van der Waals surface area (Å²) in [7, 11) is 0. The molecule has 17 heavy (non-hydrogen) atoms. The van der Waals surface area contributed by atoms with Gasteiger partial charge in [0, 0.05) is 8.02 Å². The maximum Gasteiger partial charge on any atom is 0.314 e. The predicted molar refractivity (Wildman–Crippen MR) is 57.3 cm³/mol. The van der Waals surface area contributed by atoms with E-state index in [0.717, 1.165) is 6.07 Å².